The highest BCUT2D eigenvalue weighted by atomic mass is 32.2. The lowest BCUT2D eigenvalue weighted by Crippen LogP contribution is -2.57. The van der Waals surface area contributed by atoms with Crippen molar-refractivity contribution in [2.24, 2.45) is 0 Å². The summed E-state index contributed by atoms with van der Waals surface area (Å²) in [5, 5.41) is 2.84. The largest absolute Gasteiger partial charge is 0.350 e. The van der Waals surface area contributed by atoms with E-state index in [1.807, 2.05) is 26.0 Å². The quantitative estimate of drug-likeness (QED) is 0.884. The number of thioether (sulfide) groups is 1. The molecule has 1 aromatic rings. The number of rotatable bonds is 4. The molecule has 0 saturated carbocycles. The van der Waals surface area contributed by atoms with Crippen LogP contribution in [0.2, 0.25) is 0 Å². The average Bonchev–Trinajstić information content (AvgIpc) is 3.03. The Morgan fingerprint density at radius 3 is 2.67 bits per heavy atom. The molecule has 0 radical (unpaired) electrons. The van der Waals surface area contributed by atoms with Crippen molar-refractivity contribution < 1.29 is 14.4 Å². The number of nitrogens with one attached hydrogen (secondary N) is 1. The van der Waals surface area contributed by atoms with Crippen molar-refractivity contribution >= 4 is 29.5 Å². The molecule has 1 N–H and O–H groups in total. The fraction of sp³-hybridized carbons (Fsp3) is 0.471. The number of carbonyl (C=O) groups excluding carboxylic acids is 3. The Bertz CT molecular complexity index is 660. The molecule has 0 aliphatic carbocycles. The predicted octanol–water partition coefficient (Wildman–Crippen LogP) is 1.07. The van der Waals surface area contributed by atoms with E-state index < -0.39 is 0 Å². The van der Waals surface area contributed by atoms with Gasteiger partial charge in [0.05, 0.1) is 5.88 Å². The van der Waals surface area contributed by atoms with Gasteiger partial charge >= 0.3 is 0 Å². The summed E-state index contributed by atoms with van der Waals surface area (Å²) in [6, 6.07) is 6.95. The monoisotopic (exact) mass is 347 g/mol. The van der Waals surface area contributed by atoms with Gasteiger partial charge in [-0.3, -0.25) is 14.4 Å². The minimum atomic E-state index is -0.313. The number of piperazine rings is 1. The third kappa shape index (κ3) is 3.40. The summed E-state index contributed by atoms with van der Waals surface area (Å²) in [6.07, 6.45) is 0. The Labute approximate surface area is 145 Å². The van der Waals surface area contributed by atoms with E-state index in [1.165, 1.54) is 0 Å². The van der Waals surface area contributed by atoms with Crippen LogP contribution >= 0.6 is 11.8 Å². The molecule has 6 nitrogen and oxygen atoms in total. The summed E-state index contributed by atoms with van der Waals surface area (Å²) in [6.45, 7) is 4.35. The van der Waals surface area contributed by atoms with E-state index in [0.717, 1.165) is 5.56 Å². The molecule has 7 heteroatoms. The minimum Gasteiger partial charge on any atom is -0.350 e. The molecule has 0 aromatic heterocycles. The van der Waals surface area contributed by atoms with E-state index in [2.05, 4.69) is 5.32 Å². The lowest BCUT2D eigenvalue weighted by atomic mass is 10.1. The fourth-order valence-electron chi connectivity index (χ4n) is 2.90. The van der Waals surface area contributed by atoms with Gasteiger partial charge in [0.2, 0.25) is 11.8 Å². The molecule has 2 aliphatic heterocycles. The zero-order chi connectivity index (χ0) is 17.3. The van der Waals surface area contributed by atoms with E-state index in [-0.39, 0.29) is 36.3 Å². The summed E-state index contributed by atoms with van der Waals surface area (Å²) >= 11 is 1.62. The average molecular weight is 347 g/mol. The molecule has 1 aromatic carbocycles. The first-order chi connectivity index (χ1) is 11.5. The summed E-state index contributed by atoms with van der Waals surface area (Å²) in [7, 11) is 0. The molecule has 0 spiro atoms. The SMILES string of the molecule is CC(C)NC(=O)c1ccc(CN2CC(=O)N3CSC[C@@H]3C2=O)cc1. The van der Waals surface area contributed by atoms with Crippen molar-refractivity contribution in [3.63, 3.8) is 0 Å². The van der Waals surface area contributed by atoms with E-state index in [4.69, 9.17) is 0 Å². The molecule has 24 heavy (non-hydrogen) atoms. The van der Waals surface area contributed by atoms with Crippen LogP contribution in [0.4, 0.5) is 0 Å². The molecule has 3 rings (SSSR count). The van der Waals surface area contributed by atoms with Crippen LogP contribution < -0.4 is 5.32 Å². The number of hydrogen-bond acceptors (Lipinski definition) is 4. The second kappa shape index (κ2) is 6.84. The molecule has 3 amide bonds. The smallest absolute Gasteiger partial charge is 0.251 e. The second-order valence-electron chi connectivity index (χ2n) is 6.40. The maximum atomic E-state index is 12.5. The maximum absolute atomic E-state index is 12.5. The Kier molecular flexibility index (Phi) is 4.80. The summed E-state index contributed by atoms with van der Waals surface area (Å²) in [5.74, 6) is 1.20. The number of amides is 3. The van der Waals surface area contributed by atoms with E-state index in [9.17, 15) is 14.4 Å². The molecule has 128 valence electrons. The highest BCUT2D eigenvalue weighted by Crippen LogP contribution is 2.26. The lowest BCUT2D eigenvalue weighted by Gasteiger charge is -2.35. The van der Waals surface area contributed by atoms with E-state index in [1.54, 1.807) is 33.7 Å². The van der Waals surface area contributed by atoms with Crippen LogP contribution in [-0.2, 0) is 16.1 Å². The van der Waals surface area contributed by atoms with Gasteiger partial charge in [0.15, 0.2) is 0 Å². The summed E-state index contributed by atoms with van der Waals surface area (Å²) in [4.78, 5) is 39.9. The summed E-state index contributed by atoms with van der Waals surface area (Å²) in [5.41, 5.74) is 1.50. The van der Waals surface area contributed by atoms with Crippen LogP contribution in [0.1, 0.15) is 29.8 Å². The van der Waals surface area contributed by atoms with E-state index in [0.29, 0.717) is 23.7 Å². The number of nitrogens with zero attached hydrogens (tertiary/aromatic N) is 2. The van der Waals surface area contributed by atoms with Crippen LogP contribution in [0.3, 0.4) is 0 Å². The van der Waals surface area contributed by atoms with Crippen molar-refractivity contribution in [1.82, 2.24) is 15.1 Å². The summed E-state index contributed by atoms with van der Waals surface area (Å²) < 4.78 is 0. The van der Waals surface area contributed by atoms with Crippen molar-refractivity contribution in [2.75, 3.05) is 18.2 Å². The van der Waals surface area contributed by atoms with Gasteiger partial charge < -0.3 is 15.1 Å². The van der Waals surface area contributed by atoms with Gasteiger partial charge in [-0.05, 0) is 31.5 Å². The lowest BCUT2D eigenvalue weighted by molar-refractivity contribution is -0.153. The predicted molar refractivity (Wildman–Crippen MR) is 92.4 cm³/mol. The van der Waals surface area contributed by atoms with Gasteiger partial charge in [-0.25, -0.2) is 0 Å². The first-order valence-electron chi connectivity index (χ1n) is 8.01. The van der Waals surface area contributed by atoms with Gasteiger partial charge in [-0.15, -0.1) is 11.8 Å². The van der Waals surface area contributed by atoms with Gasteiger partial charge in [-0.2, -0.15) is 0 Å². The molecular formula is C17H21N3O3S. The third-order valence-electron chi connectivity index (χ3n) is 4.13. The molecular weight excluding hydrogens is 326 g/mol. The molecule has 2 aliphatic rings. The highest BCUT2D eigenvalue weighted by molar-refractivity contribution is 7.99. The third-order valence-corrected chi connectivity index (χ3v) is 5.15. The fourth-order valence-corrected chi connectivity index (χ4v) is 4.07. The molecule has 2 saturated heterocycles. The standard InChI is InChI=1S/C17H21N3O3S/c1-11(2)18-16(22)13-5-3-12(4-6-13)7-19-8-15(21)20-10-24-9-14(20)17(19)23/h3-6,11,14H,7-10H2,1-2H3,(H,18,22)/t14-/m1/s1. The zero-order valence-electron chi connectivity index (χ0n) is 13.8. The second-order valence-corrected chi connectivity index (χ2v) is 7.40. The molecule has 0 bridgehead atoms. The van der Waals surface area contributed by atoms with Gasteiger partial charge in [0, 0.05) is 23.9 Å². The Balaban J connectivity index is 1.66. The highest BCUT2D eigenvalue weighted by Gasteiger charge is 2.42. The first kappa shape index (κ1) is 16.8. The van der Waals surface area contributed by atoms with Crippen molar-refractivity contribution in [3.05, 3.63) is 35.4 Å². The van der Waals surface area contributed by atoms with Crippen molar-refractivity contribution in [2.45, 2.75) is 32.5 Å². The number of fused-ring (bicyclic) bond motifs is 1. The van der Waals surface area contributed by atoms with Crippen LogP contribution in [-0.4, -0.2) is 57.8 Å². The van der Waals surface area contributed by atoms with Crippen LogP contribution in [0.5, 0.6) is 0 Å². The maximum Gasteiger partial charge on any atom is 0.251 e. The minimum absolute atomic E-state index is 0.0116. The Morgan fingerprint density at radius 1 is 1.29 bits per heavy atom. The number of hydrogen-bond donors (Lipinski definition) is 1. The van der Waals surface area contributed by atoms with Crippen molar-refractivity contribution in [3.8, 4) is 0 Å². The van der Waals surface area contributed by atoms with Crippen molar-refractivity contribution in [1.29, 1.82) is 0 Å². The first-order valence-corrected chi connectivity index (χ1v) is 9.17. The van der Waals surface area contributed by atoms with Crippen LogP contribution in [0.15, 0.2) is 24.3 Å². The molecule has 0 unspecified atom stereocenters. The topological polar surface area (TPSA) is 69.7 Å². The molecule has 1 atom stereocenters. The molecule has 2 heterocycles. The van der Waals surface area contributed by atoms with Gasteiger partial charge in [-0.1, -0.05) is 12.1 Å². The normalized spacial score (nSPS) is 20.5. The Morgan fingerprint density at radius 2 is 2.00 bits per heavy atom. The number of benzene rings is 1. The molecule has 2 fully saturated rings. The van der Waals surface area contributed by atoms with Gasteiger partial charge in [0.1, 0.15) is 12.6 Å². The van der Waals surface area contributed by atoms with Crippen LogP contribution in [0, 0.1) is 0 Å². The van der Waals surface area contributed by atoms with E-state index >= 15 is 0 Å². The number of carbonyl (C=O) groups is 3. The van der Waals surface area contributed by atoms with Gasteiger partial charge in [0.25, 0.3) is 5.91 Å². The Hall–Kier alpha value is -2.02. The van der Waals surface area contributed by atoms with Crippen LogP contribution in [0.25, 0.3) is 0 Å². The zero-order valence-corrected chi connectivity index (χ0v) is 14.6.